The van der Waals surface area contributed by atoms with Crippen molar-refractivity contribution in [2.75, 3.05) is 13.1 Å². The Kier molecular flexibility index (Phi) is 4.68. The smallest absolute Gasteiger partial charge is 0.148 e. The number of hydrogen-bond acceptors (Lipinski definition) is 5. The first kappa shape index (κ1) is 16.0. The third-order valence-electron chi connectivity index (χ3n) is 4.21. The maximum atomic E-state index is 13.6. The van der Waals surface area contributed by atoms with Crippen molar-refractivity contribution in [2.45, 2.75) is 39.5 Å². The molecule has 2 aromatic heterocycles. The predicted octanol–water partition coefficient (Wildman–Crippen LogP) is 2.76. The minimum atomic E-state index is -0.606. The summed E-state index contributed by atoms with van der Waals surface area (Å²) in [6, 6.07) is 0. The van der Waals surface area contributed by atoms with E-state index in [0.29, 0.717) is 13.2 Å². The minimum Gasteiger partial charge on any atom is -0.372 e. The van der Waals surface area contributed by atoms with Gasteiger partial charge in [-0.1, -0.05) is 5.16 Å². The fourth-order valence-corrected chi connectivity index (χ4v) is 2.80. The van der Waals surface area contributed by atoms with Gasteiger partial charge in [-0.05, 0) is 20.3 Å². The van der Waals surface area contributed by atoms with Crippen molar-refractivity contribution in [2.24, 2.45) is 0 Å². The molecule has 5 nitrogen and oxygen atoms in total. The Morgan fingerprint density at radius 1 is 1.26 bits per heavy atom. The second-order valence-electron chi connectivity index (χ2n) is 5.84. The van der Waals surface area contributed by atoms with Crippen LogP contribution in [0.25, 0.3) is 0 Å². The number of pyridine rings is 1. The number of aromatic nitrogens is 2. The monoisotopic (exact) mass is 323 g/mol. The minimum absolute atomic E-state index is 0.0386. The molecule has 1 saturated heterocycles. The fourth-order valence-electron chi connectivity index (χ4n) is 2.80. The Bertz CT molecular complexity index is 650. The highest BCUT2D eigenvalue weighted by atomic mass is 19.1. The molecule has 1 unspecified atom stereocenters. The molecular formula is C16H19F2N3O2. The summed E-state index contributed by atoms with van der Waals surface area (Å²) in [7, 11) is 0. The summed E-state index contributed by atoms with van der Waals surface area (Å²) in [4.78, 5) is 5.49. The van der Waals surface area contributed by atoms with Gasteiger partial charge in [0.25, 0.3) is 0 Å². The third-order valence-corrected chi connectivity index (χ3v) is 4.21. The van der Waals surface area contributed by atoms with Crippen LogP contribution in [0, 0.1) is 25.5 Å². The molecule has 2 aromatic rings. The van der Waals surface area contributed by atoms with Gasteiger partial charge in [0.05, 0.1) is 30.8 Å². The van der Waals surface area contributed by atoms with Crippen molar-refractivity contribution in [1.82, 2.24) is 15.0 Å². The maximum Gasteiger partial charge on any atom is 0.148 e. The van der Waals surface area contributed by atoms with Gasteiger partial charge in [-0.25, -0.2) is 8.78 Å². The lowest BCUT2D eigenvalue weighted by molar-refractivity contribution is 0.0451. The maximum absolute atomic E-state index is 13.6. The summed E-state index contributed by atoms with van der Waals surface area (Å²) in [5.41, 5.74) is 1.86. The average Bonchev–Trinajstić information content (AvgIpc) is 3.09. The van der Waals surface area contributed by atoms with E-state index in [0.717, 1.165) is 42.4 Å². The number of ether oxygens (including phenoxy) is 1. The van der Waals surface area contributed by atoms with Crippen LogP contribution < -0.4 is 0 Å². The molecule has 1 fully saturated rings. The molecule has 0 bridgehead atoms. The van der Waals surface area contributed by atoms with E-state index in [4.69, 9.17) is 9.26 Å². The van der Waals surface area contributed by atoms with Crippen molar-refractivity contribution in [1.29, 1.82) is 0 Å². The number of hydrogen-bond donors (Lipinski definition) is 0. The molecule has 3 rings (SSSR count). The molecule has 1 aliphatic heterocycles. The van der Waals surface area contributed by atoms with E-state index in [1.807, 2.05) is 18.7 Å². The van der Waals surface area contributed by atoms with Crippen LogP contribution in [-0.4, -0.2) is 34.2 Å². The van der Waals surface area contributed by atoms with Gasteiger partial charge in [0.2, 0.25) is 0 Å². The molecule has 7 heteroatoms. The summed E-state index contributed by atoms with van der Waals surface area (Å²) in [5, 5.41) is 3.90. The summed E-state index contributed by atoms with van der Waals surface area (Å²) >= 11 is 0. The van der Waals surface area contributed by atoms with Crippen LogP contribution in [0.4, 0.5) is 8.78 Å². The van der Waals surface area contributed by atoms with E-state index in [-0.39, 0.29) is 18.2 Å². The van der Waals surface area contributed by atoms with Gasteiger partial charge in [-0.2, -0.15) is 0 Å². The van der Waals surface area contributed by atoms with Crippen molar-refractivity contribution in [3.8, 4) is 0 Å². The van der Waals surface area contributed by atoms with Crippen molar-refractivity contribution in [3.63, 3.8) is 0 Å². The van der Waals surface area contributed by atoms with Gasteiger partial charge >= 0.3 is 0 Å². The van der Waals surface area contributed by atoms with Crippen LogP contribution in [0.3, 0.4) is 0 Å². The molecule has 0 spiro atoms. The second kappa shape index (κ2) is 6.72. The van der Waals surface area contributed by atoms with Crippen LogP contribution in [0.2, 0.25) is 0 Å². The quantitative estimate of drug-likeness (QED) is 0.847. The normalized spacial score (nSPS) is 18.7. The van der Waals surface area contributed by atoms with E-state index >= 15 is 0 Å². The lowest BCUT2D eigenvalue weighted by atomic mass is 10.2. The lowest BCUT2D eigenvalue weighted by Crippen LogP contribution is -2.24. The largest absolute Gasteiger partial charge is 0.372 e. The highest BCUT2D eigenvalue weighted by Crippen LogP contribution is 2.21. The van der Waals surface area contributed by atoms with E-state index in [2.05, 4.69) is 10.1 Å². The van der Waals surface area contributed by atoms with Gasteiger partial charge in [-0.15, -0.1) is 0 Å². The Morgan fingerprint density at radius 3 is 2.65 bits per heavy atom. The van der Waals surface area contributed by atoms with E-state index in [1.54, 1.807) is 0 Å². The highest BCUT2D eigenvalue weighted by Gasteiger charge is 2.25. The Labute approximate surface area is 133 Å². The number of rotatable bonds is 5. The molecule has 1 atom stereocenters. The molecular weight excluding hydrogens is 304 g/mol. The SMILES string of the molecule is Cc1noc(C)c1COC1CCN(Cc2c(F)cncc2F)C1. The average molecular weight is 323 g/mol. The summed E-state index contributed by atoms with van der Waals surface area (Å²) in [6.07, 6.45) is 2.95. The van der Waals surface area contributed by atoms with Crippen molar-refractivity contribution < 1.29 is 18.0 Å². The number of aryl methyl sites for hydroxylation is 2. The number of likely N-dealkylation sites (tertiary alicyclic amines) is 1. The van der Waals surface area contributed by atoms with Gasteiger partial charge in [-0.3, -0.25) is 9.88 Å². The van der Waals surface area contributed by atoms with Crippen molar-refractivity contribution >= 4 is 0 Å². The van der Waals surface area contributed by atoms with Crippen molar-refractivity contribution in [3.05, 3.63) is 46.6 Å². The van der Waals surface area contributed by atoms with E-state index in [1.165, 1.54) is 0 Å². The molecule has 0 radical (unpaired) electrons. The van der Waals surface area contributed by atoms with Crippen LogP contribution in [0.5, 0.6) is 0 Å². The third kappa shape index (κ3) is 3.56. The molecule has 0 amide bonds. The zero-order valence-electron chi connectivity index (χ0n) is 13.2. The second-order valence-corrected chi connectivity index (χ2v) is 5.84. The number of halogens is 2. The molecule has 0 aliphatic carbocycles. The van der Waals surface area contributed by atoms with Crippen LogP contribution >= 0.6 is 0 Å². The van der Waals surface area contributed by atoms with Crippen LogP contribution in [-0.2, 0) is 17.9 Å². The van der Waals surface area contributed by atoms with Crippen LogP contribution in [0.15, 0.2) is 16.9 Å². The first-order valence-electron chi connectivity index (χ1n) is 7.58. The van der Waals surface area contributed by atoms with Gasteiger partial charge in [0.15, 0.2) is 0 Å². The first-order chi connectivity index (χ1) is 11.0. The van der Waals surface area contributed by atoms with Gasteiger partial charge in [0.1, 0.15) is 17.4 Å². The Morgan fingerprint density at radius 2 is 2.00 bits per heavy atom. The Hall–Kier alpha value is -1.86. The van der Waals surface area contributed by atoms with Gasteiger partial charge < -0.3 is 9.26 Å². The topological polar surface area (TPSA) is 51.4 Å². The summed E-state index contributed by atoms with van der Waals surface area (Å²) < 4.78 is 38.3. The fraction of sp³-hybridized carbons (Fsp3) is 0.500. The molecule has 124 valence electrons. The Balaban J connectivity index is 1.55. The highest BCUT2D eigenvalue weighted by molar-refractivity contribution is 5.19. The lowest BCUT2D eigenvalue weighted by Gasteiger charge is -2.17. The molecule has 0 saturated carbocycles. The van der Waals surface area contributed by atoms with Crippen LogP contribution in [0.1, 0.15) is 29.0 Å². The standard InChI is InChI=1S/C16H19F2N3O2/c1-10-14(11(2)23-20-10)9-22-12-3-4-21(7-12)8-13-15(17)5-19-6-16(13)18/h5-6,12H,3-4,7-9H2,1-2H3. The molecule has 23 heavy (non-hydrogen) atoms. The van der Waals surface area contributed by atoms with Gasteiger partial charge in [0, 0.05) is 30.8 Å². The zero-order valence-corrected chi connectivity index (χ0v) is 13.2. The molecule has 0 N–H and O–H groups in total. The van der Waals surface area contributed by atoms with E-state index in [9.17, 15) is 8.78 Å². The predicted molar refractivity (Wildman–Crippen MR) is 78.6 cm³/mol. The zero-order chi connectivity index (χ0) is 16.4. The van der Waals surface area contributed by atoms with E-state index < -0.39 is 11.6 Å². The number of nitrogens with zero attached hydrogens (tertiary/aromatic N) is 3. The summed E-state index contributed by atoms with van der Waals surface area (Å²) in [5.74, 6) is -0.451. The molecule has 0 aromatic carbocycles. The first-order valence-corrected chi connectivity index (χ1v) is 7.58. The summed E-state index contributed by atoms with van der Waals surface area (Å²) in [6.45, 7) is 5.79. The molecule has 1 aliphatic rings. The molecule has 3 heterocycles.